The highest BCUT2D eigenvalue weighted by Gasteiger charge is 2.27. The van der Waals surface area contributed by atoms with Gasteiger partial charge in [-0.25, -0.2) is 4.57 Å². The van der Waals surface area contributed by atoms with Gasteiger partial charge in [0.2, 0.25) is 0 Å². The minimum atomic E-state index is -4.40. The lowest BCUT2D eigenvalue weighted by Crippen LogP contribution is -2.37. The van der Waals surface area contributed by atoms with Crippen LogP contribution in [0.2, 0.25) is 0 Å². The smallest absolute Gasteiger partial charge is 0.462 e. The third kappa shape index (κ3) is 67.3. The van der Waals surface area contributed by atoms with Crippen LogP contribution in [-0.4, -0.2) is 74.9 Å². The Bertz CT molecular complexity index is 1880. The molecule has 0 bridgehead atoms. The summed E-state index contributed by atoms with van der Waals surface area (Å²) in [5.41, 5.74) is 0. The molecule has 0 aromatic heterocycles. The van der Waals surface area contributed by atoms with Crippen LogP contribution in [0.15, 0.2) is 134 Å². The molecule has 0 aromatic carbocycles. The van der Waals surface area contributed by atoms with Crippen molar-refractivity contribution in [2.24, 2.45) is 0 Å². The molecular formula is C74H127NO8P+. The maximum absolute atomic E-state index is 12.9. The van der Waals surface area contributed by atoms with Crippen molar-refractivity contribution in [1.29, 1.82) is 0 Å². The van der Waals surface area contributed by atoms with E-state index in [0.29, 0.717) is 17.4 Å². The average Bonchev–Trinajstić information content (AvgIpc) is 3.61. The van der Waals surface area contributed by atoms with Gasteiger partial charge in [0.1, 0.15) is 19.8 Å². The first kappa shape index (κ1) is 80.2. The number of carbonyl (C=O) groups is 2. The topological polar surface area (TPSA) is 108 Å². The number of phosphoric acid groups is 1. The molecule has 0 spiro atoms. The van der Waals surface area contributed by atoms with Gasteiger partial charge in [0.15, 0.2) is 6.10 Å². The summed E-state index contributed by atoms with van der Waals surface area (Å²) in [6, 6.07) is 0. The van der Waals surface area contributed by atoms with Crippen molar-refractivity contribution in [2.45, 2.75) is 277 Å². The number of nitrogens with zero attached hydrogens (tertiary/aromatic N) is 1. The molecule has 0 fully saturated rings. The van der Waals surface area contributed by atoms with Gasteiger partial charge in [0, 0.05) is 12.8 Å². The number of likely N-dealkylation sites (N-methyl/N-ethyl adjacent to an activating group) is 1. The SMILES string of the molecule is CC/C=C\C/C=C\C/C=C\C/C=C\C/C=C\C/C=C\C/C=C\CCCCCCCCCCCCCC(=O)OC(COC(=O)CCCCCCCCCCCCCCCC/C=C\C/C=C\C/C=C\C/C=C\CC)COP(=O)(O)OCC[N+](C)(C)C. The van der Waals surface area contributed by atoms with Crippen LogP contribution in [0.5, 0.6) is 0 Å². The van der Waals surface area contributed by atoms with Crippen molar-refractivity contribution < 1.29 is 42.1 Å². The number of rotatable bonds is 61. The van der Waals surface area contributed by atoms with Gasteiger partial charge < -0.3 is 18.9 Å². The fourth-order valence-electron chi connectivity index (χ4n) is 9.05. The number of unbranched alkanes of at least 4 members (excludes halogenated alkanes) is 25. The summed E-state index contributed by atoms with van der Waals surface area (Å²) in [6.45, 7) is 4.21. The first-order valence-corrected chi connectivity index (χ1v) is 35.4. The third-order valence-electron chi connectivity index (χ3n) is 14.2. The van der Waals surface area contributed by atoms with E-state index in [0.717, 1.165) is 116 Å². The Morgan fingerprint density at radius 3 is 0.952 bits per heavy atom. The standard InChI is InChI=1S/C74H126NO8P/c1-6-8-10-12-14-16-18-20-22-24-26-28-30-32-34-35-36-37-38-39-41-43-45-47-49-51-53-55-57-59-61-63-65-67-74(77)83-72(71-82-84(78,79)81-69-68-75(3,4)5)70-80-73(76)66-64-62-60-58-56-54-52-50-48-46-44-42-40-33-31-29-27-25-23-21-19-17-15-13-11-9-7-2/h8-11,14-17,20-23,26-29,32,34,36-37,39,41,72H,6-7,12-13,18-19,24-25,30-31,33,35,38,40,42-71H2,1-5H3/p+1/b10-8-,11-9-,16-14-,17-15-,22-20-,23-21-,28-26-,29-27-,34-32-,37-36-,41-39-. The summed E-state index contributed by atoms with van der Waals surface area (Å²) in [7, 11) is 1.47. The van der Waals surface area contributed by atoms with Gasteiger partial charge in [0.25, 0.3) is 0 Å². The van der Waals surface area contributed by atoms with Gasteiger partial charge in [-0.2, -0.15) is 0 Å². The molecule has 480 valence electrons. The van der Waals surface area contributed by atoms with E-state index in [2.05, 4.69) is 148 Å². The molecule has 0 aliphatic carbocycles. The lowest BCUT2D eigenvalue weighted by atomic mass is 10.0. The van der Waals surface area contributed by atoms with E-state index < -0.39 is 26.5 Å². The zero-order valence-electron chi connectivity index (χ0n) is 54.6. The third-order valence-corrected chi connectivity index (χ3v) is 15.2. The van der Waals surface area contributed by atoms with E-state index in [1.165, 1.54) is 122 Å². The van der Waals surface area contributed by atoms with Gasteiger partial charge in [-0.1, -0.05) is 282 Å². The summed E-state index contributed by atoms with van der Waals surface area (Å²) in [6.07, 6.45) is 92.5. The molecule has 2 unspecified atom stereocenters. The molecule has 0 amide bonds. The highest BCUT2D eigenvalue weighted by Crippen LogP contribution is 2.43. The number of phosphoric ester groups is 1. The maximum Gasteiger partial charge on any atom is 0.472 e. The monoisotopic (exact) mass is 1190 g/mol. The Labute approximate surface area is 517 Å². The zero-order valence-corrected chi connectivity index (χ0v) is 55.5. The Kier molecular flexibility index (Phi) is 60.7. The van der Waals surface area contributed by atoms with Crippen LogP contribution in [0, 0.1) is 0 Å². The van der Waals surface area contributed by atoms with Gasteiger partial charge in [-0.15, -0.1) is 0 Å². The number of allylic oxidation sites excluding steroid dienone is 22. The average molecular weight is 1190 g/mol. The molecule has 1 N–H and O–H groups in total. The fourth-order valence-corrected chi connectivity index (χ4v) is 9.79. The number of quaternary nitrogens is 1. The second-order valence-corrected chi connectivity index (χ2v) is 24.9. The summed E-state index contributed by atoms with van der Waals surface area (Å²) in [5, 5.41) is 0. The molecule has 0 radical (unpaired) electrons. The molecule has 9 nitrogen and oxygen atoms in total. The lowest BCUT2D eigenvalue weighted by Gasteiger charge is -2.24. The zero-order chi connectivity index (χ0) is 61.2. The minimum Gasteiger partial charge on any atom is -0.462 e. The lowest BCUT2D eigenvalue weighted by molar-refractivity contribution is -0.870. The highest BCUT2D eigenvalue weighted by atomic mass is 31.2. The van der Waals surface area contributed by atoms with Crippen LogP contribution in [-0.2, 0) is 32.7 Å². The van der Waals surface area contributed by atoms with Gasteiger partial charge in [-0.05, 0) is 109 Å². The predicted molar refractivity (Wildman–Crippen MR) is 362 cm³/mol. The molecule has 0 aliphatic rings. The predicted octanol–water partition coefficient (Wildman–Crippen LogP) is 22.0. The van der Waals surface area contributed by atoms with Gasteiger partial charge in [0.05, 0.1) is 27.7 Å². The Balaban J connectivity index is 4.10. The van der Waals surface area contributed by atoms with Gasteiger partial charge in [-0.3, -0.25) is 18.6 Å². The second-order valence-electron chi connectivity index (χ2n) is 23.4. The number of carbonyl (C=O) groups excluding carboxylic acids is 2. The van der Waals surface area contributed by atoms with E-state index in [1.807, 2.05) is 21.1 Å². The van der Waals surface area contributed by atoms with Crippen molar-refractivity contribution in [1.82, 2.24) is 0 Å². The van der Waals surface area contributed by atoms with Crippen molar-refractivity contribution in [3.05, 3.63) is 134 Å². The quantitative estimate of drug-likeness (QED) is 0.0211. The van der Waals surface area contributed by atoms with Crippen molar-refractivity contribution >= 4 is 19.8 Å². The van der Waals surface area contributed by atoms with Gasteiger partial charge >= 0.3 is 19.8 Å². The molecule has 0 saturated carbocycles. The van der Waals surface area contributed by atoms with E-state index in [4.69, 9.17) is 18.5 Å². The number of hydrogen-bond acceptors (Lipinski definition) is 7. The molecule has 0 aliphatic heterocycles. The Morgan fingerprint density at radius 2 is 0.643 bits per heavy atom. The molecule has 2 atom stereocenters. The molecule has 0 rings (SSSR count). The molecule has 0 saturated heterocycles. The fraction of sp³-hybridized carbons (Fsp3) is 0.676. The first-order chi connectivity index (χ1) is 41.0. The van der Waals surface area contributed by atoms with Crippen LogP contribution in [0.4, 0.5) is 0 Å². The Hall–Kier alpha value is -3.85. The minimum absolute atomic E-state index is 0.0256. The van der Waals surface area contributed by atoms with E-state index in [1.54, 1.807) is 0 Å². The van der Waals surface area contributed by atoms with Crippen molar-refractivity contribution in [3.63, 3.8) is 0 Å². The van der Waals surface area contributed by atoms with Crippen LogP contribution in [0.25, 0.3) is 0 Å². The van der Waals surface area contributed by atoms with Crippen molar-refractivity contribution in [2.75, 3.05) is 47.5 Å². The first-order valence-electron chi connectivity index (χ1n) is 33.9. The van der Waals surface area contributed by atoms with Crippen LogP contribution in [0.1, 0.15) is 271 Å². The molecule has 0 aromatic rings. The number of esters is 2. The summed E-state index contributed by atoms with van der Waals surface area (Å²) >= 11 is 0. The van der Waals surface area contributed by atoms with E-state index >= 15 is 0 Å². The second kappa shape index (κ2) is 63.6. The maximum atomic E-state index is 12.9. The van der Waals surface area contributed by atoms with Crippen LogP contribution < -0.4 is 0 Å². The molecular weight excluding hydrogens is 1060 g/mol. The van der Waals surface area contributed by atoms with Crippen molar-refractivity contribution in [3.8, 4) is 0 Å². The van der Waals surface area contributed by atoms with E-state index in [9.17, 15) is 19.0 Å². The largest absolute Gasteiger partial charge is 0.472 e. The summed E-state index contributed by atoms with van der Waals surface area (Å²) in [4.78, 5) is 35.9. The Morgan fingerprint density at radius 1 is 0.369 bits per heavy atom. The van der Waals surface area contributed by atoms with Crippen LogP contribution >= 0.6 is 7.82 Å². The van der Waals surface area contributed by atoms with Crippen LogP contribution in [0.3, 0.4) is 0 Å². The number of hydrogen-bond donors (Lipinski definition) is 1. The normalized spacial score (nSPS) is 14.0. The molecule has 10 heteroatoms. The molecule has 0 heterocycles. The molecule has 84 heavy (non-hydrogen) atoms. The highest BCUT2D eigenvalue weighted by molar-refractivity contribution is 7.47. The van der Waals surface area contributed by atoms with E-state index in [-0.39, 0.29) is 32.0 Å². The number of ether oxygens (including phenoxy) is 2. The summed E-state index contributed by atoms with van der Waals surface area (Å²) < 4.78 is 34.7. The summed E-state index contributed by atoms with van der Waals surface area (Å²) in [5.74, 6) is -0.802.